The van der Waals surface area contributed by atoms with Gasteiger partial charge in [-0.1, -0.05) is 52.0 Å². The molecule has 31 heavy (non-hydrogen) atoms. The summed E-state index contributed by atoms with van der Waals surface area (Å²) in [6, 6.07) is 15.0. The minimum Gasteiger partial charge on any atom is -0.445 e. The SMILES string of the molecule is Cc1c(-c2ncco2)cccc1C(C)(C)CCC(C)(C)c1cccc(-n2cncn2)c1. The van der Waals surface area contributed by atoms with Crippen molar-refractivity contribution in [2.75, 3.05) is 0 Å². The molecular formula is C26H30N4O. The molecule has 0 amide bonds. The fourth-order valence-corrected chi connectivity index (χ4v) is 4.27. The quantitative estimate of drug-likeness (QED) is 0.358. The highest BCUT2D eigenvalue weighted by Crippen LogP contribution is 2.39. The number of hydrogen-bond donors (Lipinski definition) is 0. The van der Waals surface area contributed by atoms with Crippen molar-refractivity contribution in [2.45, 2.75) is 58.3 Å². The van der Waals surface area contributed by atoms with E-state index < -0.39 is 0 Å². The second kappa shape index (κ2) is 8.14. The molecule has 0 unspecified atom stereocenters. The standard InChI is InChI=1S/C26H30N4O/c1-19-22(24-28-14-15-31-24)10-7-11-23(19)26(4,5)13-12-25(2,3)20-8-6-9-21(16-20)30-18-27-17-29-30/h6-11,14-18H,12-13H2,1-5H3. The van der Waals surface area contributed by atoms with Gasteiger partial charge >= 0.3 is 0 Å². The van der Waals surface area contributed by atoms with Crippen LogP contribution in [-0.4, -0.2) is 19.7 Å². The third-order valence-electron chi connectivity index (χ3n) is 6.41. The minimum absolute atomic E-state index is 0.0213. The van der Waals surface area contributed by atoms with E-state index in [-0.39, 0.29) is 10.8 Å². The van der Waals surface area contributed by atoms with Crippen molar-refractivity contribution in [1.82, 2.24) is 19.7 Å². The van der Waals surface area contributed by atoms with Crippen LogP contribution in [0.2, 0.25) is 0 Å². The second-order valence-electron chi connectivity index (χ2n) is 9.47. The Bertz CT molecular complexity index is 1140. The van der Waals surface area contributed by atoms with E-state index in [1.165, 1.54) is 16.7 Å². The number of aromatic nitrogens is 4. The molecule has 0 spiro atoms. The van der Waals surface area contributed by atoms with Crippen molar-refractivity contribution in [3.8, 4) is 17.1 Å². The molecule has 0 aliphatic heterocycles. The van der Waals surface area contributed by atoms with Gasteiger partial charge in [0.2, 0.25) is 5.89 Å². The maximum absolute atomic E-state index is 5.56. The Balaban J connectivity index is 1.56. The zero-order valence-electron chi connectivity index (χ0n) is 19.0. The van der Waals surface area contributed by atoms with Crippen LogP contribution in [0, 0.1) is 6.92 Å². The van der Waals surface area contributed by atoms with Gasteiger partial charge in [-0.25, -0.2) is 14.6 Å². The molecule has 0 bridgehead atoms. The molecule has 0 aliphatic rings. The molecule has 0 radical (unpaired) electrons. The molecule has 0 atom stereocenters. The molecule has 4 rings (SSSR count). The first-order valence-corrected chi connectivity index (χ1v) is 10.7. The average molecular weight is 415 g/mol. The predicted molar refractivity (Wildman–Crippen MR) is 123 cm³/mol. The van der Waals surface area contributed by atoms with Crippen LogP contribution in [0.4, 0.5) is 0 Å². The summed E-state index contributed by atoms with van der Waals surface area (Å²) >= 11 is 0. The largest absolute Gasteiger partial charge is 0.445 e. The van der Waals surface area contributed by atoms with Crippen molar-refractivity contribution >= 4 is 0 Å². The summed E-state index contributed by atoms with van der Waals surface area (Å²) in [6.07, 6.45) is 8.74. The maximum atomic E-state index is 5.56. The van der Waals surface area contributed by atoms with Gasteiger partial charge in [0, 0.05) is 5.56 Å². The molecule has 0 saturated heterocycles. The summed E-state index contributed by atoms with van der Waals surface area (Å²) in [5.41, 5.74) is 6.04. The van der Waals surface area contributed by atoms with Crippen LogP contribution in [0.5, 0.6) is 0 Å². The molecule has 5 nitrogen and oxygen atoms in total. The molecule has 0 fully saturated rings. The van der Waals surface area contributed by atoms with E-state index in [1.807, 2.05) is 0 Å². The molecule has 2 aromatic carbocycles. The number of oxazole rings is 1. The topological polar surface area (TPSA) is 56.7 Å². The van der Waals surface area contributed by atoms with Gasteiger partial charge in [-0.3, -0.25) is 0 Å². The van der Waals surface area contributed by atoms with E-state index in [0.29, 0.717) is 5.89 Å². The summed E-state index contributed by atoms with van der Waals surface area (Å²) in [4.78, 5) is 8.41. The fraction of sp³-hybridized carbons (Fsp3) is 0.346. The van der Waals surface area contributed by atoms with Gasteiger partial charge in [-0.05, 0) is 65.5 Å². The summed E-state index contributed by atoms with van der Waals surface area (Å²) < 4.78 is 7.37. The molecule has 160 valence electrons. The number of rotatable bonds is 7. The average Bonchev–Trinajstić information content (AvgIpc) is 3.47. The van der Waals surface area contributed by atoms with Gasteiger partial charge in [-0.15, -0.1) is 0 Å². The normalized spacial score (nSPS) is 12.3. The molecule has 2 aromatic heterocycles. The highest BCUT2D eigenvalue weighted by Gasteiger charge is 2.29. The van der Waals surface area contributed by atoms with Crippen LogP contribution in [0.3, 0.4) is 0 Å². The highest BCUT2D eigenvalue weighted by molar-refractivity contribution is 5.61. The van der Waals surface area contributed by atoms with E-state index in [0.717, 1.165) is 24.1 Å². The number of benzene rings is 2. The van der Waals surface area contributed by atoms with E-state index in [1.54, 1.807) is 29.8 Å². The van der Waals surface area contributed by atoms with Crippen LogP contribution in [-0.2, 0) is 10.8 Å². The Kier molecular flexibility index (Phi) is 5.52. The van der Waals surface area contributed by atoms with Crippen molar-refractivity contribution < 1.29 is 4.42 Å². The predicted octanol–water partition coefficient (Wildman–Crippen LogP) is 6.27. The number of nitrogens with zero attached hydrogens (tertiary/aromatic N) is 4. The molecule has 5 heteroatoms. The van der Waals surface area contributed by atoms with Gasteiger partial charge in [-0.2, -0.15) is 5.10 Å². The number of hydrogen-bond acceptors (Lipinski definition) is 4. The Labute approximate surface area is 184 Å². The van der Waals surface area contributed by atoms with Crippen LogP contribution >= 0.6 is 0 Å². The third kappa shape index (κ3) is 4.31. The monoisotopic (exact) mass is 414 g/mol. The lowest BCUT2D eigenvalue weighted by Gasteiger charge is -2.33. The molecule has 4 aromatic rings. The molecule has 2 heterocycles. The zero-order valence-corrected chi connectivity index (χ0v) is 19.0. The Morgan fingerprint density at radius 1 is 0.968 bits per heavy atom. The fourth-order valence-electron chi connectivity index (χ4n) is 4.27. The smallest absolute Gasteiger partial charge is 0.226 e. The van der Waals surface area contributed by atoms with E-state index >= 15 is 0 Å². The van der Waals surface area contributed by atoms with Gasteiger partial charge < -0.3 is 4.42 Å². The van der Waals surface area contributed by atoms with Gasteiger partial charge in [0.25, 0.3) is 0 Å². The first-order valence-electron chi connectivity index (χ1n) is 10.7. The summed E-state index contributed by atoms with van der Waals surface area (Å²) in [5.74, 6) is 0.681. The van der Waals surface area contributed by atoms with Gasteiger partial charge in [0.15, 0.2) is 0 Å². The van der Waals surface area contributed by atoms with Crippen molar-refractivity contribution in [1.29, 1.82) is 0 Å². The van der Waals surface area contributed by atoms with E-state index in [2.05, 4.69) is 92.1 Å². The molecule has 0 aliphatic carbocycles. The first-order chi connectivity index (χ1) is 14.8. The Morgan fingerprint density at radius 3 is 2.45 bits per heavy atom. The summed E-state index contributed by atoms with van der Waals surface area (Å²) in [5, 5.41) is 4.27. The minimum atomic E-state index is 0.0213. The first kappa shape index (κ1) is 21.0. The van der Waals surface area contributed by atoms with Crippen molar-refractivity contribution in [3.05, 3.63) is 84.3 Å². The van der Waals surface area contributed by atoms with Crippen LogP contribution in [0.15, 0.2) is 72.0 Å². The van der Waals surface area contributed by atoms with Crippen LogP contribution in [0.25, 0.3) is 17.1 Å². The lowest BCUT2D eigenvalue weighted by atomic mass is 9.71. The summed E-state index contributed by atoms with van der Waals surface area (Å²) in [6.45, 7) is 11.5. The lowest BCUT2D eigenvalue weighted by Crippen LogP contribution is -2.25. The van der Waals surface area contributed by atoms with Gasteiger partial charge in [0.05, 0.1) is 11.9 Å². The molecular weight excluding hydrogens is 384 g/mol. The van der Waals surface area contributed by atoms with Gasteiger partial charge in [0.1, 0.15) is 18.9 Å². The van der Waals surface area contributed by atoms with Crippen LogP contribution < -0.4 is 0 Å². The Hall–Kier alpha value is -3.21. The highest BCUT2D eigenvalue weighted by atomic mass is 16.3. The third-order valence-corrected chi connectivity index (χ3v) is 6.41. The van der Waals surface area contributed by atoms with E-state index in [4.69, 9.17) is 4.42 Å². The maximum Gasteiger partial charge on any atom is 0.226 e. The molecule has 0 saturated carbocycles. The van der Waals surface area contributed by atoms with Crippen LogP contribution in [0.1, 0.15) is 57.2 Å². The van der Waals surface area contributed by atoms with Crippen molar-refractivity contribution in [3.63, 3.8) is 0 Å². The van der Waals surface area contributed by atoms with E-state index in [9.17, 15) is 0 Å². The second-order valence-corrected chi connectivity index (χ2v) is 9.47. The Morgan fingerprint density at radius 2 is 1.74 bits per heavy atom. The molecule has 0 N–H and O–H groups in total. The lowest BCUT2D eigenvalue weighted by molar-refractivity contribution is 0.374. The zero-order chi connectivity index (χ0) is 22.1. The summed E-state index contributed by atoms with van der Waals surface area (Å²) in [7, 11) is 0. The van der Waals surface area contributed by atoms with Crippen molar-refractivity contribution in [2.24, 2.45) is 0 Å².